The Morgan fingerprint density at radius 3 is 2.76 bits per heavy atom. The van der Waals surface area contributed by atoms with E-state index in [9.17, 15) is 13.2 Å². The van der Waals surface area contributed by atoms with E-state index in [1.807, 2.05) is 6.07 Å². The van der Waals surface area contributed by atoms with Gasteiger partial charge in [-0.2, -0.15) is 0 Å². The molecule has 0 spiro atoms. The fourth-order valence-corrected chi connectivity index (χ4v) is 7.32. The summed E-state index contributed by atoms with van der Waals surface area (Å²) < 4.78 is 25.4. The van der Waals surface area contributed by atoms with Crippen molar-refractivity contribution in [1.82, 2.24) is 20.1 Å². The van der Waals surface area contributed by atoms with Crippen molar-refractivity contribution in [2.75, 3.05) is 17.3 Å². The van der Waals surface area contributed by atoms with Gasteiger partial charge in [-0.25, -0.2) is 8.42 Å². The first-order chi connectivity index (χ1) is 14.0. The van der Waals surface area contributed by atoms with Gasteiger partial charge in [-0.1, -0.05) is 37.1 Å². The standard InChI is InChI=1S/C19H26N4O3S3/c24-18(20-14-8-10-29(25,26)13-14)12-28-19-22-21-17(11-16-7-4-9-27-16)23(19)15-5-2-1-3-6-15/h4,7,9,14-15H,1-3,5-6,8,10-13H2,(H,20,24). The van der Waals surface area contributed by atoms with E-state index in [1.165, 1.54) is 35.9 Å². The zero-order valence-electron chi connectivity index (χ0n) is 16.2. The highest BCUT2D eigenvalue weighted by Gasteiger charge is 2.29. The number of thioether (sulfide) groups is 1. The van der Waals surface area contributed by atoms with Crippen LogP contribution in [-0.2, 0) is 21.1 Å². The molecule has 1 atom stereocenters. The van der Waals surface area contributed by atoms with Crippen molar-refractivity contribution in [1.29, 1.82) is 0 Å². The van der Waals surface area contributed by atoms with E-state index in [-0.39, 0.29) is 29.2 Å². The highest BCUT2D eigenvalue weighted by Crippen LogP contribution is 2.33. The van der Waals surface area contributed by atoms with Crippen molar-refractivity contribution >= 4 is 38.8 Å². The highest BCUT2D eigenvalue weighted by atomic mass is 32.2. The second-order valence-corrected chi connectivity index (χ2v) is 12.0. The normalized spacial score (nSPS) is 22.0. The minimum absolute atomic E-state index is 0.0482. The van der Waals surface area contributed by atoms with Crippen molar-refractivity contribution in [2.45, 2.75) is 62.2 Å². The maximum absolute atomic E-state index is 12.4. The molecule has 3 heterocycles. The monoisotopic (exact) mass is 454 g/mol. The molecular weight excluding hydrogens is 428 g/mol. The lowest BCUT2D eigenvalue weighted by Gasteiger charge is -2.25. The molecule has 0 radical (unpaired) electrons. The van der Waals surface area contributed by atoms with Crippen LogP contribution in [0, 0.1) is 0 Å². The van der Waals surface area contributed by atoms with Gasteiger partial charge in [0.05, 0.1) is 17.3 Å². The zero-order chi connectivity index (χ0) is 20.3. The molecule has 2 aromatic rings. The van der Waals surface area contributed by atoms with Crippen LogP contribution in [0.2, 0.25) is 0 Å². The number of hydrogen-bond donors (Lipinski definition) is 1. The molecule has 29 heavy (non-hydrogen) atoms. The molecule has 1 unspecified atom stereocenters. The molecule has 158 valence electrons. The third-order valence-electron chi connectivity index (χ3n) is 5.52. The number of nitrogens with zero attached hydrogens (tertiary/aromatic N) is 3. The van der Waals surface area contributed by atoms with E-state index in [0.717, 1.165) is 30.2 Å². The smallest absolute Gasteiger partial charge is 0.230 e. The number of nitrogens with one attached hydrogen (secondary N) is 1. The van der Waals surface area contributed by atoms with E-state index in [4.69, 9.17) is 0 Å². The zero-order valence-corrected chi connectivity index (χ0v) is 18.7. The SMILES string of the molecule is O=C(CSc1nnc(Cc2cccs2)n1C1CCCCC1)NC1CCS(=O)(=O)C1. The van der Waals surface area contributed by atoms with E-state index in [2.05, 4.69) is 31.5 Å². The summed E-state index contributed by atoms with van der Waals surface area (Å²) in [6.45, 7) is 0. The summed E-state index contributed by atoms with van der Waals surface area (Å²) in [5.41, 5.74) is 0. The Labute approximate surface area is 179 Å². The van der Waals surface area contributed by atoms with Crippen molar-refractivity contribution in [2.24, 2.45) is 0 Å². The van der Waals surface area contributed by atoms with Crippen LogP contribution in [0.1, 0.15) is 55.3 Å². The Hall–Kier alpha value is -1.39. The van der Waals surface area contributed by atoms with Gasteiger partial charge in [-0.05, 0) is 30.7 Å². The molecule has 1 amide bonds. The second-order valence-electron chi connectivity index (χ2n) is 7.77. The minimum Gasteiger partial charge on any atom is -0.352 e. The van der Waals surface area contributed by atoms with Crippen molar-refractivity contribution in [3.63, 3.8) is 0 Å². The number of amides is 1. The summed E-state index contributed by atoms with van der Waals surface area (Å²) in [6, 6.07) is 4.28. The van der Waals surface area contributed by atoms with Gasteiger partial charge in [0.25, 0.3) is 0 Å². The quantitative estimate of drug-likeness (QED) is 0.647. The topological polar surface area (TPSA) is 93.9 Å². The van der Waals surface area contributed by atoms with Gasteiger partial charge in [-0.15, -0.1) is 21.5 Å². The third kappa shape index (κ3) is 5.40. The summed E-state index contributed by atoms with van der Waals surface area (Å²) in [5.74, 6) is 1.25. The lowest BCUT2D eigenvalue weighted by molar-refractivity contribution is -0.119. The van der Waals surface area contributed by atoms with Crippen LogP contribution in [0.3, 0.4) is 0 Å². The average molecular weight is 455 g/mol. The molecule has 1 aliphatic heterocycles. The summed E-state index contributed by atoms with van der Waals surface area (Å²) in [5, 5.41) is 14.6. The molecule has 1 aliphatic carbocycles. The van der Waals surface area contributed by atoms with Crippen LogP contribution >= 0.6 is 23.1 Å². The van der Waals surface area contributed by atoms with Crippen molar-refractivity contribution < 1.29 is 13.2 Å². The van der Waals surface area contributed by atoms with E-state index in [0.29, 0.717) is 12.5 Å². The summed E-state index contributed by atoms with van der Waals surface area (Å²) >= 11 is 3.11. The Morgan fingerprint density at radius 2 is 2.07 bits per heavy atom. The van der Waals surface area contributed by atoms with Crippen LogP contribution in [-0.4, -0.2) is 52.4 Å². The van der Waals surface area contributed by atoms with Crippen LogP contribution in [0.15, 0.2) is 22.7 Å². The molecule has 0 aromatic carbocycles. The summed E-state index contributed by atoms with van der Waals surface area (Å²) in [4.78, 5) is 13.6. The highest BCUT2D eigenvalue weighted by molar-refractivity contribution is 7.99. The van der Waals surface area contributed by atoms with E-state index in [1.54, 1.807) is 11.3 Å². The average Bonchev–Trinajstić information content (AvgIpc) is 3.42. The molecule has 0 bridgehead atoms. The lowest BCUT2D eigenvalue weighted by atomic mass is 9.95. The maximum atomic E-state index is 12.4. The molecule has 2 aromatic heterocycles. The number of carbonyl (C=O) groups is 1. The van der Waals surface area contributed by atoms with Gasteiger partial charge >= 0.3 is 0 Å². The second kappa shape index (κ2) is 9.18. The third-order valence-corrected chi connectivity index (χ3v) is 9.10. The molecule has 1 N–H and O–H groups in total. The van der Waals surface area contributed by atoms with Crippen molar-refractivity contribution in [3.8, 4) is 0 Å². The number of sulfone groups is 1. The molecule has 7 nitrogen and oxygen atoms in total. The lowest BCUT2D eigenvalue weighted by Crippen LogP contribution is -2.36. The van der Waals surface area contributed by atoms with Gasteiger partial charge in [-0.3, -0.25) is 4.79 Å². The molecular formula is C19H26N4O3S3. The number of thiophene rings is 1. The molecule has 2 aliphatic rings. The number of hydrogen-bond acceptors (Lipinski definition) is 7. The summed E-state index contributed by atoms with van der Waals surface area (Å²) in [6.07, 6.45) is 7.19. The van der Waals surface area contributed by atoms with E-state index >= 15 is 0 Å². The predicted molar refractivity (Wildman–Crippen MR) is 115 cm³/mol. The first kappa shape index (κ1) is 20.9. The van der Waals surface area contributed by atoms with Gasteiger partial charge < -0.3 is 9.88 Å². The molecule has 1 saturated carbocycles. The van der Waals surface area contributed by atoms with Gasteiger partial charge in [0, 0.05) is 23.4 Å². The molecule has 10 heteroatoms. The van der Waals surface area contributed by atoms with Crippen molar-refractivity contribution in [3.05, 3.63) is 28.2 Å². The van der Waals surface area contributed by atoms with Gasteiger partial charge in [0.2, 0.25) is 5.91 Å². The molecule has 4 rings (SSSR count). The Balaban J connectivity index is 1.43. The van der Waals surface area contributed by atoms with Gasteiger partial charge in [0.15, 0.2) is 15.0 Å². The molecule has 1 saturated heterocycles. The van der Waals surface area contributed by atoms with E-state index < -0.39 is 9.84 Å². The largest absolute Gasteiger partial charge is 0.352 e. The van der Waals surface area contributed by atoms with Gasteiger partial charge in [0.1, 0.15) is 5.82 Å². The summed E-state index contributed by atoms with van der Waals surface area (Å²) in [7, 11) is -3.00. The minimum atomic E-state index is -3.00. The van der Waals surface area contributed by atoms with Crippen LogP contribution in [0.4, 0.5) is 0 Å². The predicted octanol–water partition coefficient (Wildman–Crippen LogP) is 2.83. The molecule has 2 fully saturated rings. The van der Waals surface area contributed by atoms with Crippen LogP contribution < -0.4 is 5.32 Å². The van der Waals surface area contributed by atoms with Crippen LogP contribution in [0.5, 0.6) is 0 Å². The maximum Gasteiger partial charge on any atom is 0.230 e. The first-order valence-electron chi connectivity index (χ1n) is 10.1. The van der Waals surface area contributed by atoms with Crippen LogP contribution in [0.25, 0.3) is 0 Å². The fraction of sp³-hybridized carbons (Fsp3) is 0.632. The number of aromatic nitrogens is 3. The number of carbonyl (C=O) groups excluding carboxylic acids is 1. The Kier molecular flexibility index (Phi) is 6.60. The Morgan fingerprint density at radius 1 is 1.24 bits per heavy atom. The fourth-order valence-electron chi connectivity index (χ4n) is 4.11. The number of rotatable bonds is 7. The Bertz CT molecular complexity index is 934. The first-order valence-corrected chi connectivity index (χ1v) is 13.8.